The molecule has 342 valence electrons. The number of esters is 1. The predicted octanol–water partition coefficient (Wildman–Crippen LogP) is 3.16. The molecule has 0 spiro atoms. The van der Waals surface area contributed by atoms with Gasteiger partial charge >= 0.3 is 12.0 Å². The Bertz CT molecular complexity index is 1840. The zero-order chi connectivity index (χ0) is 44.5. The summed E-state index contributed by atoms with van der Waals surface area (Å²) < 4.78 is 27.2. The van der Waals surface area contributed by atoms with Crippen LogP contribution in [-0.2, 0) is 33.3 Å². The normalized spacial score (nSPS) is 16.5. The summed E-state index contributed by atoms with van der Waals surface area (Å²) in [5, 5.41) is 18.0. The molecule has 0 radical (unpaired) electrons. The van der Waals surface area contributed by atoms with E-state index in [-0.39, 0.29) is 48.9 Å². The molecule has 0 bridgehead atoms. The molecular weight excluding hydrogens is 846 g/mol. The Labute approximate surface area is 375 Å². The summed E-state index contributed by atoms with van der Waals surface area (Å²) in [7, 11) is 0.205. The summed E-state index contributed by atoms with van der Waals surface area (Å²) in [6.07, 6.45) is 4.87. The van der Waals surface area contributed by atoms with Gasteiger partial charge in [0.05, 0.1) is 77.6 Å². The Morgan fingerprint density at radius 3 is 1.90 bits per heavy atom. The van der Waals surface area contributed by atoms with Crippen LogP contribution in [0.3, 0.4) is 0 Å². The van der Waals surface area contributed by atoms with E-state index in [1.165, 1.54) is 7.11 Å². The number of methoxy groups -OCH3 is 1. The Morgan fingerprint density at radius 2 is 1.25 bits per heavy atom. The molecule has 2 aliphatic heterocycles. The molecule has 5 rings (SSSR count). The summed E-state index contributed by atoms with van der Waals surface area (Å²) >= 11 is 1.89. The highest BCUT2D eigenvalue weighted by molar-refractivity contribution is 8.00. The van der Waals surface area contributed by atoms with Gasteiger partial charge < -0.3 is 50.3 Å². The van der Waals surface area contributed by atoms with Gasteiger partial charge in [0, 0.05) is 54.3 Å². The van der Waals surface area contributed by atoms with Crippen LogP contribution < -0.4 is 42.5 Å². The van der Waals surface area contributed by atoms with Gasteiger partial charge in [0.1, 0.15) is 0 Å². The van der Waals surface area contributed by atoms with E-state index in [0.29, 0.717) is 102 Å². The predicted molar refractivity (Wildman–Crippen MR) is 246 cm³/mol. The fourth-order valence-electron chi connectivity index (χ4n) is 7.14. The van der Waals surface area contributed by atoms with Crippen LogP contribution in [0.2, 0.25) is 0 Å². The molecule has 0 saturated carbocycles. The van der Waals surface area contributed by atoms with Crippen molar-refractivity contribution in [2.24, 2.45) is 0 Å². The fraction of sp³-hybridized carbons (Fsp3) is 0.500. The van der Waals surface area contributed by atoms with Gasteiger partial charge in [-0.15, -0.1) is 0 Å². The average molecular weight is 908 g/mol. The highest BCUT2D eigenvalue weighted by atomic mass is 32.2. The van der Waals surface area contributed by atoms with Gasteiger partial charge in [0.15, 0.2) is 0 Å². The van der Waals surface area contributed by atoms with Gasteiger partial charge in [-0.1, -0.05) is 67.1 Å². The van der Waals surface area contributed by atoms with Crippen molar-refractivity contribution in [3.05, 3.63) is 90.0 Å². The van der Waals surface area contributed by atoms with Gasteiger partial charge in [-0.3, -0.25) is 14.4 Å². The molecule has 5 N–H and O–H groups in total. The lowest BCUT2D eigenvalue weighted by Gasteiger charge is -2.22. The molecule has 5 amide bonds. The molecule has 0 aromatic heterocycles. The zero-order valence-electron chi connectivity index (χ0n) is 36.1. The van der Waals surface area contributed by atoms with Crippen LogP contribution in [0.5, 0.6) is 0 Å². The van der Waals surface area contributed by atoms with Crippen LogP contribution in [0.1, 0.15) is 65.7 Å². The van der Waals surface area contributed by atoms with Crippen molar-refractivity contribution in [3.63, 3.8) is 0 Å². The van der Waals surface area contributed by atoms with Crippen LogP contribution in [0.25, 0.3) is 0 Å². The minimum atomic E-state index is -1.15. The first-order valence-corrected chi connectivity index (χ1v) is 24.2. The number of nitrogens with one attached hydrogen (secondary N) is 5. The van der Waals surface area contributed by atoms with E-state index >= 15 is 0 Å². The molecule has 3 unspecified atom stereocenters. The summed E-state index contributed by atoms with van der Waals surface area (Å²) in [5.74, 6) is 0.174. The van der Waals surface area contributed by atoms with E-state index in [0.717, 1.165) is 40.9 Å². The smallest absolute Gasteiger partial charge is 0.338 e. The van der Waals surface area contributed by atoms with Gasteiger partial charge in [0.25, 0.3) is 5.91 Å². The maximum Gasteiger partial charge on any atom is 0.338 e. The molecule has 3 atom stereocenters. The molecular formula is C46H62N5O10PS. The molecule has 3 aromatic carbocycles. The topological polar surface area (TPSA) is 192 Å². The van der Waals surface area contributed by atoms with Crippen molar-refractivity contribution in [3.8, 4) is 0 Å². The largest absolute Gasteiger partial charge is 0.465 e. The molecule has 2 aliphatic rings. The highest BCUT2D eigenvalue weighted by Crippen LogP contribution is 2.35. The highest BCUT2D eigenvalue weighted by Gasteiger charge is 2.42. The molecule has 2 heterocycles. The van der Waals surface area contributed by atoms with E-state index in [1.54, 1.807) is 18.2 Å². The van der Waals surface area contributed by atoms with Crippen molar-refractivity contribution >= 4 is 65.3 Å². The Balaban J connectivity index is 0.817. The number of amides is 5. The van der Waals surface area contributed by atoms with Crippen LogP contribution in [-0.4, -0.2) is 132 Å². The molecule has 3 aromatic rings. The lowest BCUT2D eigenvalue weighted by Crippen LogP contribution is -2.36. The third kappa shape index (κ3) is 17.2. The molecule has 2 saturated heterocycles. The van der Waals surface area contributed by atoms with Gasteiger partial charge in [-0.05, 0) is 62.4 Å². The summed E-state index contributed by atoms with van der Waals surface area (Å²) in [4.78, 5) is 62.0. The number of carbonyl (C=O) groups excluding carboxylic acids is 5. The van der Waals surface area contributed by atoms with Crippen LogP contribution >= 0.6 is 19.7 Å². The number of fused-ring (bicyclic) bond motifs is 1. The number of urea groups is 1. The quantitative estimate of drug-likeness (QED) is 0.0286. The Kier molecular flexibility index (Phi) is 22.2. The third-order valence-electron chi connectivity index (χ3n) is 10.4. The van der Waals surface area contributed by atoms with E-state index in [2.05, 4.69) is 26.6 Å². The number of thioether (sulfide) groups is 1. The lowest BCUT2D eigenvalue weighted by atomic mass is 10.0. The zero-order valence-corrected chi connectivity index (χ0v) is 37.8. The molecule has 0 aliphatic carbocycles. The molecule has 15 nitrogen and oxygen atoms in total. The molecule has 17 heteroatoms. The summed E-state index contributed by atoms with van der Waals surface area (Å²) in [6.45, 7) is 4.53. The minimum absolute atomic E-state index is 0.0238. The van der Waals surface area contributed by atoms with E-state index < -0.39 is 13.9 Å². The number of hydrogen-bond acceptors (Lipinski definition) is 11. The third-order valence-corrected chi connectivity index (χ3v) is 14.4. The maximum absolute atomic E-state index is 13.2. The van der Waals surface area contributed by atoms with Crippen molar-refractivity contribution < 1.29 is 47.7 Å². The summed E-state index contributed by atoms with van der Waals surface area (Å²) in [5.41, 5.74) is 0.883. The van der Waals surface area contributed by atoms with Crippen LogP contribution in [0.15, 0.2) is 78.9 Å². The van der Waals surface area contributed by atoms with E-state index in [9.17, 15) is 24.0 Å². The first-order valence-electron chi connectivity index (χ1n) is 21.8. The van der Waals surface area contributed by atoms with Gasteiger partial charge in [-0.2, -0.15) is 11.8 Å². The average Bonchev–Trinajstić information content (AvgIpc) is 3.86. The van der Waals surface area contributed by atoms with Crippen molar-refractivity contribution in [1.82, 2.24) is 26.6 Å². The van der Waals surface area contributed by atoms with Crippen LogP contribution in [0.4, 0.5) is 4.79 Å². The second-order valence-electron chi connectivity index (χ2n) is 15.0. The second-order valence-corrected chi connectivity index (χ2v) is 18.4. The maximum atomic E-state index is 13.2. The lowest BCUT2D eigenvalue weighted by molar-refractivity contribution is -0.122. The first-order chi connectivity index (χ1) is 30.8. The number of benzene rings is 3. The standard InChI is InChI=1S/C46H62N5O10PS/c1-57-45(55)37-19-18-34(32-39(37)62(35-12-4-2-5-13-35)36-14-6-3-7-15-36)44(54)49-22-11-10-21-47-42(53)20-24-58-26-28-60-30-31-61-29-27-59-25-23-48-41(52)17-9-8-16-40-43-38(33-63-40)50-46(56)51-43/h2-7,12-15,18-19,32,38,40,43H,8-11,16-17,20-31,33H2,1H3,(H,47,53)(H,48,52)(H,49,54)(H2,50,51,56). The molecule has 63 heavy (non-hydrogen) atoms. The van der Waals surface area contributed by atoms with E-state index in [1.807, 2.05) is 72.4 Å². The van der Waals surface area contributed by atoms with Crippen molar-refractivity contribution in [2.75, 3.05) is 85.4 Å². The summed E-state index contributed by atoms with van der Waals surface area (Å²) in [6, 6.07) is 25.4. The number of carbonyl (C=O) groups is 5. The Morgan fingerprint density at radius 1 is 0.667 bits per heavy atom. The monoisotopic (exact) mass is 907 g/mol. The number of rotatable bonds is 30. The minimum Gasteiger partial charge on any atom is -0.465 e. The van der Waals surface area contributed by atoms with Gasteiger partial charge in [0.2, 0.25) is 11.8 Å². The fourth-order valence-corrected chi connectivity index (χ4v) is 11.2. The second kappa shape index (κ2) is 28.3. The molecule has 2 fully saturated rings. The van der Waals surface area contributed by atoms with Gasteiger partial charge in [-0.25, -0.2) is 9.59 Å². The van der Waals surface area contributed by atoms with Crippen molar-refractivity contribution in [2.45, 2.75) is 62.3 Å². The first kappa shape index (κ1) is 49.4. The number of hydrogen-bond donors (Lipinski definition) is 5. The van der Waals surface area contributed by atoms with E-state index in [4.69, 9.17) is 23.7 Å². The SMILES string of the molecule is COC(=O)c1ccc(C(=O)NCCCCNC(=O)CCOCCOCCOCCOCCNC(=O)CCCCC2SCC3NC(=O)NC32)cc1P(c1ccccc1)c1ccccc1. The number of ether oxygens (including phenoxy) is 5. The van der Waals surface area contributed by atoms with Crippen molar-refractivity contribution in [1.29, 1.82) is 0 Å². The Hall–Kier alpha value is -4.57. The van der Waals surface area contributed by atoms with Crippen LogP contribution in [0, 0.1) is 0 Å². The number of unbranched alkanes of at least 4 members (excludes halogenated alkanes) is 2.